The van der Waals surface area contributed by atoms with Gasteiger partial charge in [0.25, 0.3) is 5.91 Å². The monoisotopic (exact) mass is 434 g/mol. The van der Waals surface area contributed by atoms with E-state index in [2.05, 4.69) is 4.98 Å². The van der Waals surface area contributed by atoms with Crippen LogP contribution in [0.2, 0.25) is 0 Å². The molecule has 5 nitrogen and oxygen atoms in total. The Labute approximate surface area is 176 Å². The summed E-state index contributed by atoms with van der Waals surface area (Å²) in [4.78, 5) is 33.7. The van der Waals surface area contributed by atoms with Crippen molar-refractivity contribution < 1.29 is 13.6 Å². The van der Waals surface area contributed by atoms with Crippen molar-refractivity contribution >= 4 is 54.9 Å². The molecule has 0 spiro atoms. The molecule has 2 aromatic carbocycles. The molecule has 0 fully saturated rings. The average molecular weight is 434 g/mol. The second-order valence-electron chi connectivity index (χ2n) is 6.87. The Morgan fingerprint density at radius 1 is 1.07 bits per heavy atom. The fourth-order valence-corrected chi connectivity index (χ4v) is 5.66. The lowest BCUT2D eigenvalue weighted by atomic mass is 10.0. The number of aromatic nitrogens is 1. The van der Waals surface area contributed by atoms with Gasteiger partial charge in [0, 0.05) is 4.88 Å². The molecule has 30 heavy (non-hydrogen) atoms. The van der Waals surface area contributed by atoms with Gasteiger partial charge >= 0.3 is 0 Å². The highest BCUT2D eigenvalue weighted by molar-refractivity contribution is 7.22. The Morgan fingerprint density at radius 2 is 1.93 bits per heavy atom. The zero-order chi connectivity index (χ0) is 20.4. The van der Waals surface area contributed by atoms with Gasteiger partial charge in [-0.1, -0.05) is 29.5 Å². The number of amides is 1. The molecule has 3 aromatic heterocycles. The van der Waals surface area contributed by atoms with Crippen LogP contribution in [0.15, 0.2) is 69.2 Å². The molecule has 1 aliphatic heterocycles. The van der Waals surface area contributed by atoms with Crippen LogP contribution in [0.4, 0.5) is 9.52 Å². The molecular weight excluding hydrogens is 423 g/mol. The van der Waals surface area contributed by atoms with Gasteiger partial charge in [-0.25, -0.2) is 9.37 Å². The van der Waals surface area contributed by atoms with E-state index >= 15 is 0 Å². The van der Waals surface area contributed by atoms with Crippen LogP contribution in [0.1, 0.15) is 27.0 Å². The lowest BCUT2D eigenvalue weighted by Crippen LogP contribution is -2.28. The highest BCUT2D eigenvalue weighted by Gasteiger charge is 2.45. The molecule has 4 heterocycles. The van der Waals surface area contributed by atoms with Crippen molar-refractivity contribution in [2.75, 3.05) is 4.90 Å². The van der Waals surface area contributed by atoms with Gasteiger partial charge in [-0.15, -0.1) is 11.3 Å². The van der Waals surface area contributed by atoms with Crippen molar-refractivity contribution in [3.05, 3.63) is 92.2 Å². The number of carbonyl (C=O) groups is 1. The second kappa shape index (κ2) is 6.32. The van der Waals surface area contributed by atoms with E-state index < -0.39 is 11.9 Å². The van der Waals surface area contributed by atoms with Gasteiger partial charge in [0.15, 0.2) is 10.6 Å². The van der Waals surface area contributed by atoms with Crippen LogP contribution in [0.25, 0.3) is 21.2 Å². The van der Waals surface area contributed by atoms with Gasteiger partial charge in [-0.3, -0.25) is 14.5 Å². The van der Waals surface area contributed by atoms with Crippen molar-refractivity contribution in [1.82, 2.24) is 4.98 Å². The number of thiophene rings is 1. The summed E-state index contributed by atoms with van der Waals surface area (Å²) in [7, 11) is 0. The van der Waals surface area contributed by atoms with Gasteiger partial charge in [-0.05, 0) is 41.8 Å². The third kappa shape index (κ3) is 2.41. The van der Waals surface area contributed by atoms with Crippen LogP contribution < -0.4 is 10.3 Å². The maximum atomic E-state index is 13.7. The summed E-state index contributed by atoms with van der Waals surface area (Å²) in [6.45, 7) is 0. The summed E-state index contributed by atoms with van der Waals surface area (Å²) in [5.41, 5.74) is 1.04. The van der Waals surface area contributed by atoms with E-state index in [4.69, 9.17) is 4.42 Å². The summed E-state index contributed by atoms with van der Waals surface area (Å²) in [6.07, 6.45) is 0. The van der Waals surface area contributed by atoms with E-state index in [1.807, 2.05) is 17.5 Å². The van der Waals surface area contributed by atoms with Crippen LogP contribution in [0, 0.1) is 5.82 Å². The smallest absolute Gasteiger partial charge is 0.297 e. The number of hydrogen-bond acceptors (Lipinski definition) is 6. The molecular formula is C22H11FN2O3S2. The summed E-state index contributed by atoms with van der Waals surface area (Å²) in [6, 6.07) is 14.3. The maximum absolute atomic E-state index is 13.7. The van der Waals surface area contributed by atoms with Crippen LogP contribution in [-0.2, 0) is 0 Å². The molecule has 8 heteroatoms. The Balaban J connectivity index is 1.64. The zero-order valence-corrected chi connectivity index (χ0v) is 16.8. The molecule has 0 saturated carbocycles. The third-order valence-corrected chi connectivity index (χ3v) is 7.08. The Bertz CT molecular complexity index is 1520. The quantitative estimate of drug-likeness (QED) is 0.376. The number of anilines is 1. The number of halogens is 1. The predicted octanol–water partition coefficient (Wildman–Crippen LogP) is 5.35. The minimum Gasteiger partial charge on any atom is -0.450 e. The average Bonchev–Trinajstić information content (AvgIpc) is 3.46. The molecule has 1 atom stereocenters. The SMILES string of the molecule is O=C1c2oc3ccccc3c(=O)c2[C@H](c2cccs2)N1c1nc2ccc(F)cc2s1. The van der Waals surface area contributed by atoms with E-state index in [1.54, 1.807) is 30.3 Å². The highest BCUT2D eigenvalue weighted by Crippen LogP contribution is 2.44. The molecule has 6 rings (SSSR count). The molecule has 0 unspecified atom stereocenters. The fourth-order valence-electron chi connectivity index (χ4n) is 3.82. The summed E-state index contributed by atoms with van der Waals surface area (Å²) in [5.74, 6) is -0.764. The van der Waals surface area contributed by atoms with Gasteiger partial charge in [0.05, 0.1) is 21.2 Å². The van der Waals surface area contributed by atoms with Crippen molar-refractivity contribution in [3.63, 3.8) is 0 Å². The molecule has 1 aliphatic rings. The zero-order valence-electron chi connectivity index (χ0n) is 15.2. The van der Waals surface area contributed by atoms with Gasteiger partial charge in [0.2, 0.25) is 5.76 Å². The summed E-state index contributed by atoms with van der Waals surface area (Å²) < 4.78 is 20.2. The van der Waals surface area contributed by atoms with E-state index in [0.29, 0.717) is 31.9 Å². The molecule has 0 saturated heterocycles. The Hall–Kier alpha value is -3.36. The molecule has 1 amide bonds. The van der Waals surface area contributed by atoms with Crippen LogP contribution >= 0.6 is 22.7 Å². The third-order valence-electron chi connectivity index (χ3n) is 5.14. The summed E-state index contributed by atoms with van der Waals surface area (Å²) >= 11 is 2.66. The topological polar surface area (TPSA) is 63.4 Å². The number of para-hydroxylation sites is 1. The van der Waals surface area contributed by atoms with Crippen LogP contribution in [0.3, 0.4) is 0 Å². The number of nitrogens with zero attached hydrogens (tertiary/aromatic N) is 2. The molecule has 0 aliphatic carbocycles. The normalized spacial score (nSPS) is 16.0. The highest BCUT2D eigenvalue weighted by atomic mass is 32.1. The number of thiazole rings is 1. The second-order valence-corrected chi connectivity index (χ2v) is 8.86. The number of fused-ring (bicyclic) bond motifs is 3. The first-order valence-electron chi connectivity index (χ1n) is 9.10. The van der Waals surface area contributed by atoms with Gasteiger partial charge in [0.1, 0.15) is 17.4 Å². The standard InChI is InChI=1S/C22H11FN2O3S2/c23-11-7-8-13-16(10-11)30-22(24-13)25-18(15-6-3-9-29-15)17-19(26)12-4-1-2-5-14(12)28-20(17)21(25)27/h1-10,18H/t18-/m0/s1. The number of benzene rings is 2. The Kier molecular flexibility index (Phi) is 3.68. The van der Waals surface area contributed by atoms with Crippen molar-refractivity contribution in [3.8, 4) is 0 Å². The lowest BCUT2D eigenvalue weighted by molar-refractivity contribution is 0.0971. The van der Waals surface area contributed by atoms with Crippen LogP contribution in [0.5, 0.6) is 0 Å². The van der Waals surface area contributed by atoms with Gasteiger partial charge in [-0.2, -0.15) is 0 Å². The first-order valence-corrected chi connectivity index (χ1v) is 10.8. The van der Waals surface area contributed by atoms with E-state index in [1.165, 1.54) is 39.7 Å². The first-order chi connectivity index (χ1) is 14.6. The molecule has 0 N–H and O–H groups in total. The van der Waals surface area contributed by atoms with Gasteiger partial charge < -0.3 is 4.42 Å². The fraction of sp³-hybridized carbons (Fsp3) is 0.0455. The molecule has 146 valence electrons. The lowest BCUT2D eigenvalue weighted by Gasteiger charge is -2.20. The van der Waals surface area contributed by atoms with Crippen LogP contribution in [-0.4, -0.2) is 10.9 Å². The van der Waals surface area contributed by atoms with Crippen molar-refractivity contribution in [1.29, 1.82) is 0 Å². The number of hydrogen-bond donors (Lipinski definition) is 0. The van der Waals surface area contributed by atoms with Crippen molar-refractivity contribution in [2.24, 2.45) is 0 Å². The molecule has 0 bridgehead atoms. The minimum absolute atomic E-state index is 0.0301. The predicted molar refractivity (Wildman–Crippen MR) is 115 cm³/mol. The van der Waals surface area contributed by atoms with Crippen molar-refractivity contribution in [2.45, 2.75) is 6.04 Å². The van der Waals surface area contributed by atoms with E-state index in [-0.39, 0.29) is 17.0 Å². The van der Waals surface area contributed by atoms with E-state index in [0.717, 1.165) is 4.88 Å². The largest absolute Gasteiger partial charge is 0.450 e. The maximum Gasteiger partial charge on any atom is 0.297 e. The Morgan fingerprint density at radius 3 is 2.77 bits per heavy atom. The van der Waals surface area contributed by atoms with E-state index in [9.17, 15) is 14.0 Å². The number of carbonyl (C=O) groups excluding carboxylic acids is 1. The number of rotatable bonds is 2. The molecule has 0 radical (unpaired) electrons. The minimum atomic E-state index is -0.640. The first kappa shape index (κ1) is 17.5. The molecule has 5 aromatic rings. The summed E-state index contributed by atoms with van der Waals surface area (Å²) in [5, 5.41) is 2.72.